The molecule has 4 rings (SSSR count). The van der Waals surface area contributed by atoms with Gasteiger partial charge in [-0.1, -0.05) is 84.9 Å². The largest absolute Gasteiger partial charge is 0.370 e. The topological polar surface area (TPSA) is 70.7 Å². The highest BCUT2D eigenvalue weighted by molar-refractivity contribution is 8.00. The van der Waals surface area contributed by atoms with E-state index in [0.717, 1.165) is 28.7 Å². The van der Waals surface area contributed by atoms with Crippen LogP contribution in [-0.4, -0.2) is 24.2 Å². The number of nitrogens with two attached hydrogens (primary N) is 1. The van der Waals surface area contributed by atoms with Crippen molar-refractivity contribution in [1.82, 2.24) is 4.90 Å². The van der Waals surface area contributed by atoms with Crippen LogP contribution in [0.5, 0.6) is 0 Å². The molecule has 0 heterocycles. The fourth-order valence-electron chi connectivity index (χ4n) is 3.78. The molecule has 5 nitrogen and oxygen atoms in total. The van der Waals surface area contributed by atoms with Gasteiger partial charge in [-0.3, -0.25) is 4.79 Å². The summed E-state index contributed by atoms with van der Waals surface area (Å²) in [6.45, 7) is 0.495. The molecule has 0 saturated carbocycles. The van der Waals surface area contributed by atoms with Crippen molar-refractivity contribution in [3.05, 3.63) is 132 Å². The van der Waals surface area contributed by atoms with E-state index in [1.165, 1.54) is 18.0 Å². The molecule has 0 unspecified atom stereocenters. The monoisotopic (exact) mass is 498 g/mol. The fraction of sp³-hybridized carbons (Fsp3) is 0.103. The van der Waals surface area contributed by atoms with Gasteiger partial charge < -0.3 is 15.4 Å². The zero-order chi connectivity index (χ0) is 25.4. The predicted molar refractivity (Wildman–Crippen MR) is 145 cm³/mol. The van der Waals surface area contributed by atoms with Crippen molar-refractivity contribution in [3.63, 3.8) is 0 Å². The third-order valence-corrected chi connectivity index (χ3v) is 6.66. The van der Waals surface area contributed by atoms with E-state index < -0.39 is 5.54 Å². The van der Waals surface area contributed by atoms with Gasteiger partial charge in [0.25, 0.3) is 0 Å². The van der Waals surface area contributed by atoms with Crippen LogP contribution < -0.4 is 10.5 Å². The number of carbonyl (C=O) groups is 1. The van der Waals surface area contributed by atoms with Crippen LogP contribution in [0.25, 0.3) is 0 Å². The summed E-state index contributed by atoms with van der Waals surface area (Å²) >= 11 is 1.22. The Kier molecular flexibility index (Phi) is 8.02. The number of anilines is 1. The summed E-state index contributed by atoms with van der Waals surface area (Å²) in [4.78, 5) is 19.6. The van der Waals surface area contributed by atoms with E-state index in [1.54, 1.807) is 23.1 Å². The molecule has 4 aromatic carbocycles. The highest BCUT2D eigenvalue weighted by Crippen LogP contribution is 2.32. The number of rotatable bonds is 9. The van der Waals surface area contributed by atoms with Gasteiger partial charge in [-0.05, 0) is 52.9 Å². The summed E-state index contributed by atoms with van der Waals surface area (Å²) in [5.41, 5.74) is 8.51. The van der Waals surface area contributed by atoms with Crippen molar-refractivity contribution < 1.29 is 9.18 Å². The summed E-state index contributed by atoms with van der Waals surface area (Å²) in [5.74, 6) is -0.0208. The van der Waals surface area contributed by atoms with Crippen molar-refractivity contribution in [2.75, 3.05) is 11.8 Å². The first-order chi connectivity index (χ1) is 17.5. The SMILES string of the molecule is CN(Cc1ccc(NSc2ccccc2F)cc1)C(N)=NC(C=O)(c1ccccc1)c1ccccc1. The van der Waals surface area contributed by atoms with E-state index in [2.05, 4.69) is 4.72 Å². The molecule has 0 atom stereocenters. The van der Waals surface area contributed by atoms with Crippen molar-refractivity contribution in [2.45, 2.75) is 17.0 Å². The summed E-state index contributed by atoms with van der Waals surface area (Å²) < 4.78 is 17.0. The number of nitrogens with one attached hydrogen (secondary N) is 1. The molecular formula is C29H27FN4OS. The molecule has 0 aliphatic heterocycles. The zero-order valence-corrected chi connectivity index (χ0v) is 20.7. The van der Waals surface area contributed by atoms with Crippen LogP contribution in [0.1, 0.15) is 16.7 Å². The van der Waals surface area contributed by atoms with Gasteiger partial charge in [-0.15, -0.1) is 0 Å². The third kappa shape index (κ3) is 5.75. The number of carbonyl (C=O) groups excluding carboxylic acids is 1. The number of nitrogens with zero attached hydrogens (tertiary/aromatic N) is 2. The van der Waals surface area contributed by atoms with Gasteiger partial charge in [-0.25, -0.2) is 9.38 Å². The maximum Gasteiger partial charge on any atom is 0.192 e. The lowest BCUT2D eigenvalue weighted by atomic mass is 9.84. The molecule has 0 aliphatic rings. The van der Waals surface area contributed by atoms with E-state index in [4.69, 9.17) is 10.7 Å². The Balaban J connectivity index is 1.50. The van der Waals surface area contributed by atoms with Crippen LogP contribution in [0.4, 0.5) is 10.1 Å². The molecular weight excluding hydrogens is 471 g/mol. The maximum atomic E-state index is 13.8. The first-order valence-corrected chi connectivity index (χ1v) is 12.2. The van der Waals surface area contributed by atoms with Crippen LogP contribution in [0.3, 0.4) is 0 Å². The molecule has 0 fully saturated rings. The molecule has 0 radical (unpaired) electrons. The highest BCUT2D eigenvalue weighted by atomic mass is 32.2. The number of aldehydes is 1. The molecule has 0 bridgehead atoms. The van der Waals surface area contributed by atoms with Crippen molar-refractivity contribution in [2.24, 2.45) is 10.7 Å². The third-order valence-electron chi connectivity index (χ3n) is 5.77. The van der Waals surface area contributed by atoms with Gasteiger partial charge in [0.05, 0.1) is 4.90 Å². The number of benzene rings is 4. The molecule has 3 N–H and O–H groups in total. The van der Waals surface area contributed by atoms with E-state index in [1.807, 2.05) is 92.0 Å². The van der Waals surface area contributed by atoms with Gasteiger partial charge in [0.1, 0.15) is 5.82 Å². The minimum absolute atomic E-state index is 0.243. The normalized spacial score (nSPS) is 11.7. The van der Waals surface area contributed by atoms with Gasteiger partial charge in [-0.2, -0.15) is 0 Å². The molecule has 36 heavy (non-hydrogen) atoms. The zero-order valence-electron chi connectivity index (χ0n) is 19.8. The first-order valence-electron chi connectivity index (χ1n) is 11.4. The summed E-state index contributed by atoms with van der Waals surface area (Å²) in [5, 5.41) is 0. The average Bonchev–Trinajstić information content (AvgIpc) is 2.93. The number of guanidine groups is 1. The Labute approximate surface area is 215 Å². The molecule has 0 saturated heterocycles. The second-order valence-electron chi connectivity index (χ2n) is 8.27. The Hall–Kier alpha value is -4.10. The second kappa shape index (κ2) is 11.6. The molecule has 0 aliphatic carbocycles. The van der Waals surface area contributed by atoms with E-state index in [9.17, 15) is 9.18 Å². The smallest absolute Gasteiger partial charge is 0.192 e. The Morgan fingerprint density at radius 3 is 2.03 bits per heavy atom. The van der Waals surface area contributed by atoms with Gasteiger partial charge in [0, 0.05) is 19.3 Å². The minimum atomic E-state index is -1.25. The summed E-state index contributed by atoms with van der Waals surface area (Å²) in [7, 11) is 1.84. The molecule has 0 aromatic heterocycles. The molecule has 0 amide bonds. The van der Waals surface area contributed by atoms with Crippen LogP contribution >= 0.6 is 11.9 Å². The second-order valence-corrected chi connectivity index (χ2v) is 9.12. The molecule has 4 aromatic rings. The van der Waals surface area contributed by atoms with Crippen LogP contribution in [0.15, 0.2) is 119 Å². The van der Waals surface area contributed by atoms with Crippen LogP contribution in [-0.2, 0) is 16.9 Å². The number of halogens is 1. The lowest BCUT2D eigenvalue weighted by Gasteiger charge is -2.28. The Morgan fingerprint density at radius 1 is 0.917 bits per heavy atom. The van der Waals surface area contributed by atoms with Crippen molar-refractivity contribution in [1.29, 1.82) is 0 Å². The lowest BCUT2D eigenvalue weighted by Crippen LogP contribution is -2.38. The Morgan fingerprint density at radius 2 is 1.47 bits per heavy atom. The van der Waals surface area contributed by atoms with Crippen molar-refractivity contribution in [3.8, 4) is 0 Å². The lowest BCUT2D eigenvalue weighted by molar-refractivity contribution is -0.111. The molecule has 182 valence electrons. The number of hydrogen-bond donors (Lipinski definition) is 2. The molecule has 7 heteroatoms. The fourth-order valence-corrected chi connectivity index (χ4v) is 4.46. The van der Waals surface area contributed by atoms with Crippen LogP contribution in [0.2, 0.25) is 0 Å². The van der Waals surface area contributed by atoms with Gasteiger partial charge in [0.15, 0.2) is 17.8 Å². The van der Waals surface area contributed by atoms with E-state index in [-0.39, 0.29) is 11.8 Å². The summed E-state index contributed by atoms with van der Waals surface area (Å²) in [6, 6.07) is 33.2. The number of hydrogen-bond acceptors (Lipinski definition) is 4. The van der Waals surface area contributed by atoms with Crippen LogP contribution in [0, 0.1) is 5.82 Å². The summed E-state index contributed by atoms with van der Waals surface area (Å²) in [6.07, 6.45) is 0.839. The average molecular weight is 499 g/mol. The van der Waals surface area contributed by atoms with Gasteiger partial charge in [0.2, 0.25) is 0 Å². The Bertz CT molecular complexity index is 1270. The van der Waals surface area contributed by atoms with E-state index in [0.29, 0.717) is 11.4 Å². The quantitative estimate of drug-likeness (QED) is 0.131. The van der Waals surface area contributed by atoms with Crippen molar-refractivity contribution >= 4 is 29.9 Å². The standard InChI is InChI=1S/C29H27FN4OS/c1-34(20-22-16-18-25(19-17-22)33-36-27-15-9-8-14-26(27)30)28(31)32-29(21-35,23-10-4-2-5-11-23)24-12-6-3-7-13-24/h2-19,21,33H,20H2,1H3,(H2,31,32). The molecule has 0 spiro atoms. The maximum absolute atomic E-state index is 13.8. The first kappa shape index (κ1) is 25.0. The van der Waals surface area contributed by atoms with Gasteiger partial charge >= 0.3 is 0 Å². The predicted octanol–water partition coefficient (Wildman–Crippen LogP) is 5.83. The number of aliphatic imine (C=N–C) groups is 1. The highest BCUT2D eigenvalue weighted by Gasteiger charge is 2.34. The minimum Gasteiger partial charge on any atom is -0.370 e. The van der Waals surface area contributed by atoms with E-state index >= 15 is 0 Å².